The SMILES string of the molecule is [B]CCCCC(N)(C(=O)O)C1CC(NCc2ccc(-c3ccc(Cl)cc3)cc2)C1. The number of benzene rings is 2. The van der Waals surface area contributed by atoms with Crippen LogP contribution in [-0.2, 0) is 11.3 Å². The molecule has 1 atom stereocenters. The van der Waals surface area contributed by atoms with Gasteiger partial charge in [0.2, 0.25) is 0 Å². The van der Waals surface area contributed by atoms with E-state index < -0.39 is 11.5 Å². The monoisotopic (exact) mass is 410 g/mol. The Morgan fingerprint density at radius 3 is 2.24 bits per heavy atom. The fraction of sp³-hybridized carbons (Fsp3) is 0.435. The zero-order chi connectivity index (χ0) is 20.9. The fourth-order valence-corrected chi connectivity index (χ4v) is 4.10. The van der Waals surface area contributed by atoms with Gasteiger partial charge in [-0.3, -0.25) is 4.79 Å². The fourth-order valence-electron chi connectivity index (χ4n) is 3.97. The van der Waals surface area contributed by atoms with E-state index in [1.54, 1.807) is 0 Å². The molecule has 4 N–H and O–H groups in total. The van der Waals surface area contributed by atoms with Crippen LogP contribution in [0, 0.1) is 5.92 Å². The summed E-state index contributed by atoms with van der Waals surface area (Å²) in [4.78, 5) is 11.7. The van der Waals surface area contributed by atoms with Crippen molar-refractivity contribution in [2.24, 2.45) is 11.7 Å². The zero-order valence-corrected chi connectivity index (χ0v) is 17.4. The van der Waals surface area contributed by atoms with Gasteiger partial charge in [0, 0.05) is 17.6 Å². The molecule has 2 aromatic carbocycles. The van der Waals surface area contributed by atoms with Gasteiger partial charge in [0.15, 0.2) is 0 Å². The van der Waals surface area contributed by atoms with Gasteiger partial charge in [-0.1, -0.05) is 67.2 Å². The second-order valence-electron chi connectivity index (χ2n) is 8.04. The Bertz CT molecular complexity index is 807. The first-order valence-corrected chi connectivity index (χ1v) is 10.6. The molecular formula is C23H28BClN2O2. The van der Waals surface area contributed by atoms with Crippen LogP contribution < -0.4 is 11.1 Å². The van der Waals surface area contributed by atoms with E-state index in [2.05, 4.69) is 29.6 Å². The summed E-state index contributed by atoms with van der Waals surface area (Å²) in [5, 5.41) is 13.9. The molecule has 3 rings (SSSR count). The predicted molar refractivity (Wildman–Crippen MR) is 119 cm³/mol. The first-order valence-electron chi connectivity index (χ1n) is 10.2. The molecule has 0 bridgehead atoms. The molecule has 0 spiro atoms. The van der Waals surface area contributed by atoms with Gasteiger partial charge in [0.1, 0.15) is 5.54 Å². The molecular weight excluding hydrogens is 383 g/mol. The van der Waals surface area contributed by atoms with E-state index >= 15 is 0 Å². The third-order valence-corrected chi connectivity index (χ3v) is 6.29. The average Bonchev–Trinajstić information content (AvgIpc) is 2.68. The van der Waals surface area contributed by atoms with Crippen molar-refractivity contribution in [1.82, 2.24) is 5.32 Å². The molecule has 6 heteroatoms. The van der Waals surface area contributed by atoms with E-state index in [0.29, 0.717) is 18.8 Å². The highest BCUT2D eigenvalue weighted by Crippen LogP contribution is 2.38. The van der Waals surface area contributed by atoms with E-state index in [1.807, 2.05) is 24.3 Å². The lowest BCUT2D eigenvalue weighted by molar-refractivity contribution is -0.148. The highest BCUT2D eigenvalue weighted by molar-refractivity contribution is 6.30. The maximum absolute atomic E-state index is 11.7. The first-order chi connectivity index (χ1) is 13.9. The third-order valence-electron chi connectivity index (χ3n) is 6.04. The molecule has 1 saturated carbocycles. The van der Waals surface area contributed by atoms with E-state index in [9.17, 15) is 9.90 Å². The van der Waals surface area contributed by atoms with Crippen molar-refractivity contribution < 1.29 is 9.90 Å². The summed E-state index contributed by atoms with van der Waals surface area (Å²) in [5.41, 5.74) is 8.62. The van der Waals surface area contributed by atoms with Crippen LogP contribution in [0.25, 0.3) is 11.1 Å². The minimum absolute atomic E-state index is 0.0163. The summed E-state index contributed by atoms with van der Waals surface area (Å²) in [6, 6.07) is 16.6. The second kappa shape index (κ2) is 9.79. The number of nitrogens with two attached hydrogens (primary N) is 1. The van der Waals surface area contributed by atoms with E-state index in [0.717, 1.165) is 48.4 Å². The first kappa shape index (κ1) is 21.9. The topological polar surface area (TPSA) is 75.4 Å². The van der Waals surface area contributed by atoms with Crippen molar-refractivity contribution in [3.8, 4) is 11.1 Å². The highest BCUT2D eigenvalue weighted by Gasteiger charge is 2.47. The van der Waals surface area contributed by atoms with Gasteiger partial charge >= 0.3 is 5.97 Å². The molecule has 0 aromatic heterocycles. The molecule has 4 nitrogen and oxygen atoms in total. The molecule has 2 aromatic rings. The Morgan fingerprint density at radius 2 is 1.69 bits per heavy atom. The minimum Gasteiger partial charge on any atom is -0.480 e. The normalized spacial score (nSPS) is 20.6. The lowest BCUT2D eigenvalue weighted by atomic mass is 9.66. The molecule has 1 fully saturated rings. The number of carbonyl (C=O) groups is 1. The minimum atomic E-state index is -1.13. The molecule has 0 amide bonds. The van der Waals surface area contributed by atoms with Gasteiger partial charge in [-0.2, -0.15) is 0 Å². The van der Waals surface area contributed by atoms with Gasteiger partial charge in [0.25, 0.3) is 0 Å². The number of carboxylic acids is 1. The van der Waals surface area contributed by atoms with Crippen LogP contribution in [0.5, 0.6) is 0 Å². The maximum atomic E-state index is 11.7. The van der Waals surface area contributed by atoms with Crippen molar-refractivity contribution in [1.29, 1.82) is 0 Å². The lowest BCUT2D eigenvalue weighted by Crippen LogP contribution is -2.60. The van der Waals surface area contributed by atoms with E-state index in [1.165, 1.54) is 5.56 Å². The van der Waals surface area contributed by atoms with Crippen molar-refractivity contribution in [3.63, 3.8) is 0 Å². The molecule has 2 radical (unpaired) electrons. The van der Waals surface area contributed by atoms with Crippen molar-refractivity contribution in [2.45, 2.75) is 56.5 Å². The van der Waals surface area contributed by atoms with E-state index in [-0.39, 0.29) is 5.92 Å². The summed E-state index contributed by atoms with van der Waals surface area (Å²) in [6.45, 7) is 0.760. The molecule has 0 saturated heterocycles. The molecule has 0 heterocycles. The predicted octanol–water partition coefficient (Wildman–Crippen LogP) is 4.41. The summed E-state index contributed by atoms with van der Waals surface area (Å²) < 4.78 is 0. The van der Waals surface area contributed by atoms with Crippen LogP contribution in [-0.4, -0.2) is 30.5 Å². The second-order valence-corrected chi connectivity index (χ2v) is 8.48. The number of hydrogen-bond donors (Lipinski definition) is 3. The van der Waals surface area contributed by atoms with Crippen molar-refractivity contribution in [3.05, 3.63) is 59.1 Å². The van der Waals surface area contributed by atoms with Gasteiger partial charge in [-0.05, 0) is 54.0 Å². The number of rotatable bonds is 10. The van der Waals surface area contributed by atoms with Crippen LogP contribution in [0.3, 0.4) is 0 Å². The Labute approximate surface area is 179 Å². The number of carboxylic acid groups (broad SMARTS) is 1. The number of aliphatic carboxylic acids is 1. The molecule has 1 aliphatic rings. The van der Waals surface area contributed by atoms with Crippen LogP contribution in [0.1, 0.15) is 37.7 Å². The number of unbranched alkanes of at least 4 members (excludes halogenated alkanes) is 1. The average molecular weight is 411 g/mol. The highest BCUT2D eigenvalue weighted by atomic mass is 35.5. The Balaban J connectivity index is 1.48. The molecule has 152 valence electrons. The maximum Gasteiger partial charge on any atom is 0.323 e. The quantitative estimate of drug-likeness (QED) is 0.400. The summed E-state index contributed by atoms with van der Waals surface area (Å²) in [5.74, 6) is -0.877. The molecule has 1 aliphatic carbocycles. The van der Waals surface area contributed by atoms with E-state index in [4.69, 9.17) is 25.2 Å². The standard InChI is InChI=1S/C23H28BClN2O2/c24-12-2-1-11-23(26,22(28)29)19-13-21(14-19)27-15-16-3-5-17(6-4-16)18-7-9-20(25)10-8-18/h3-10,19,21,27H,1-2,11-15,26H2,(H,28,29). The smallest absolute Gasteiger partial charge is 0.323 e. The van der Waals surface area contributed by atoms with Crippen LogP contribution in [0.15, 0.2) is 48.5 Å². The largest absolute Gasteiger partial charge is 0.480 e. The van der Waals surface area contributed by atoms with Gasteiger partial charge < -0.3 is 16.2 Å². The van der Waals surface area contributed by atoms with Crippen molar-refractivity contribution >= 4 is 25.4 Å². The Kier molecular flexibility index (Phi) is 7.39. The van der Waals surface area contributed by atoms with Gasteiger partial charge in [-0.25, -0.2) is 0 Å². The molecule has 0 aliphatic heterocycles. The molecule has 1 unspecified atom stereocenters. The van der Waals surface area contributed by atoms with Gasteiger partial charge in [-0.15, -0.1) is 0 Å². The number of hydrogen-bond acceptors (Lipinski definition) is 3. The lowest BCUT2D eigenvalue weighted by Gasteiger charge is -2.45. The van der Waals surface area contributed by atoms with Crippen LogP contribution >= 0.6 is 11.6 Å². The Morgan fingerprint density at radius 1 is 1.10 bits per heavy atom. The molecule has 29 heavy (non-hydrogen) atoms. The van der Waals surface area contributed by atoms with Crippen molar-refractivity contribution in [2.75, 3.05) is 0 Å². The number of nitrogens with one attached hydrogen (secondary N) is 1. The summed E-state index contributed by atoms with van der Waals surface area (Å²) in [6.07, 6.45) is 4.23. The van der Waals surface area contributed by atoms with Gasteiger partial charge in [0.05, 0.1) is 7.85 Å². The van der Waals surface area contributed by atoms with Crippen LogP contribution in [0.4, 0.5) is 0 Å². The summed E-state index contributed by atoms with van der Waals surface area (Å²) in [7, 11) is 5.52. The third kappa shape index (κ3) is 5.41. The summed E-state index contributed by atoms with van der Waals surface area (Å²) >= 11 is 5.95. The zero-order valence-electron chi connectivity index (χ0n) is 16.6. The Hall–Kier alpha value is -1.82. The van der Waals surface area contributed by atoms with Crippen LogP contribution in [0.2, 0.25) is 11.3 Å². The number of halogens is 1.